The van der Waals surface area contributed by atoms with Crippen molar-refractivity contribution in [2.75, 3.05) is 0 Å². The van der Waals surface area contributed by atoms with Crippen LogP contribution in [0.3, 0.4) is 0 Å². The average Bonchev–Trinajstić information content (AvgIpc) is 2.44. The van der Waals surface area contributed by atoms with Crippen molar-refractivity contribution in [3.8, 4) is 0 Å². The molecule has 1 aromatic carbocycles. The Kier molecular flexibility index (Phi) is 8.17. The predicted octanol–water partition coefficient (Wildman–Crippen LogP) is 5.85. The zero-order valence-electron chi connectivity index (χ0n) is 12.9. The van der Waals surface area contributed by atoms with Crippen molar-refractivity contribution in [1.82, 2.24) is 0 Å². The van der Waals surface area contributed by atoms with Crippen molar-refractivity contribution in [2.45, 2.75) is 71.6 Å². The quantitative estimate of drug-likeness (QED) is 0.387. The number of aryl methyl sites for hydroxylation is 1. The van der Waals surface area contributed by atoms with Gasteiger partial charge in [0.2, 0.25) is 0 Å². The van der Waals surface area contributed by atoms with E-state index in [0.717, 1.165) is 18.4 Å². The van der Waals surface area contributed by atoms with Gasteiger partial charge in [0.05, 0.1) is 5.56 Å². The number of rotatable bonds is 10. The predicted molar refractivity (Wildman–Crippen MR) is 82.7 cm³/mol. The van der Waals surface area contributed by atoms with Gasteiger partial charge in [0.1, 0.15) is 5.82 Å². The van der Waals surface area contributed by atoms with Gasteiger partial charge in [-0.3, -0.25) is 4.79 Å². The topological polar surface area (TPSA) is 17.1 Å². The smallest absolute Gasteiger partial charge is 0.165 e. The molecule has 0 aliphatic heterocycles. The van der Waals surface area contributed by atoms with Gasteiger partial charge < -0.3 is 0 Å². The Bertz CT molecular complexity index is 412. The van der Waals surface area contributed by atoms with Crippen LogP contribution in [0.1, 0.15) is 80.6 Å². The number of unbranched alkanes of at least 4 members (excludes halogenated alkanes) is 7. The van der Waals surface area contributed by atoms with Crippen LogP contribution in [0.4, 0.5) is 4.39 Å². The number of halogens is 1. The minimum absolute atomic E-state index is 0.0582. The van der Waals surface area contributed by atoms with Gasteiger partial charge in [-0.1, -0.05) is 63.5 Å². The van der Waals surface area contributed by atoms with E-state index in [4.69, 9.17) is 0 Å². The Labute approximate surface area is 122 Å². The lowest BCUT2D eigenvalue weighted by Crippen LogP contribution is -2.02. The number of hydrogen-bond acceptors (Lipinski definition) is 1. The number of ketones is 1. The van der Waals surface area contributed by atoms with E-state index in [1.165, 1.54) is 44.6 Å². The SMILES string of the molecule is CCCCCCCCCCC(=O)c1cc(C)ccc1F. The molecule has 1 rings (SSSR count). The van der Waals surface area contributed by atoms with Crippen LogP contribution in [0.25, 0.3) is 0 Å². The molecular formula is C18H27FO. The second kappa shape index (κ2) is 9.68. The number of hydrogen-bond donors (Lipinski definition) is 0. The molecule has 0 fully saturated rings. The lowest BCUT2D eigenvalue weighted by atomic mass is 10.0. The Morgan fingerprint density at radius 1 is 1.00 bits per heavy atom. The van der Waals surface area contributed by atoms with Crippen molar-refractivity contribution >= 4 is 5.78 Å². The fraction of sp³-hybridized carbons (Fsp3) is 0.611. The van der Waals surface area contributed by atoms with Crippen LogP contribution in [0.5, 0.6) is 0 Å². The highest BCUT2D eigenvalue weighted by Gasteiger charge is 2.11. The molecule has 0 N–H and O–H groups in total. The Morgan fingerprint density at radius 3 is 2.25 bits per heavy atom. The van der Waals surface area contributed by atoms with Crippen molar-refractivity contribution in [2.24, 2.45) is 0 Å². The minimum Gasteiger partial charge on any atom is -0.294 e. The third kappa shape index (κ3) is 6.31. The molecule has 0 heterocycles. The van der Waals surface area contributed by atoms with E-state index in [1.54, 1.807) is 12.1 Å². The Morgan fingerprint density at radius 2 is 1.60 bits per heavy atom. The lowest BCUT2D eigenvalue weighted by Gasteiger charge is -2.04. The molecule has 2 heteroatoms. The van der Waals surface area contributed by atoms with Gasteiger partial charge in [0, 0.05) is 6.42 Å². The van der Waals surface area contributed by atoms with Crippen LogP contribution in [0.15, 0.2) is 18.2 Å². The number of carbonyl (C=O) groups is 1. The maximum absolute atomic E-state index is 13.5. The maximum atomic E-state index is 13.5. The summed E-state index contributed by atoms with van der Waals surface area (Å²) in [4.78, 5) is 12.0. The second-order valence-electron chi connectivity index (χ2n) is 5.63. The van der Waals surface area contributed by atoms with Gasteiger partial charge >= 0.3 is 0 Å². The summed E-state index contributed by atoms with van der Waals surface area (Å²) in [5.41, 5.74) is 1.19. The lowest BCUT2D eigenvalue weighted by molar-refractivity contribution is 0.0975. The molecule has 0 unspecified atom stereocenters. The fourth-order valence-corrected chi connectivity index (χ4v) is 2.41. The van der Waals surface area contributed by atoms with E-state index in [0.29, 0.717) is 6.42 Å². The van der Waals surface area contributed by atoms with Gasteiger partial charge in [0.25, 0.3) is 0 Å². The standard InChI is InChI=1S/C18H27FO/c1-3-4-5-6-7-8-9-10-11-18(20)16-14-15(2)12-13-17(16)19/h12-14H,3-11H2,1-2H3. The molecule has 0 amide bonds. The third-order valence-corrected chi connectivity index (χ3v) is 3.68. The summed E-state index contributed by atoms with van der Waals surface area (Å²) < 4.78 is 13.5. The van der Waals surface area contributed by atoms with Crippen molar-refractivity contribution < 1.29 is 9.18 Å². The Balaban J connectivity index is 2.18. The van der Waals surface area contributed by atoms with Crippen LogP contribution in [-0.4, -0.2) is 5.78 Å². The molecule has 0 saturated heterocycles. The van der Waals surface area contributed by atoms with Gasteiger partial charge in [-0.15, -0.1) is 0 Å². The number of carbonyl (C=O) groups excluding carboxylic acids is 1. The zero-order chi connectivity index (χ0) is 14.8. The number of Topliss-reactive ketones (excluding diaryl/α,β-unsaturated/α-hetero) is 1. The van der Waals surface area contributed by atoms with Crippen LogP contribution < -0.4 is 0 Å². The Hall–Kier alpha value is -1.18. The first kappa shape index (κ1) is 16.9. The first-order valence-corrected chi connectivity index (χ1v) is 7.94. The van der Waals surface area contributed by atoms with Gasteiger partial charge in [0.15, 0.2) is 5.78 Å². The zero-order valence-corrected chi connectivity index (χ0v) is 12.9. The summed E-state index contributed by atoms with van der Waals surface area (Å²) in [5.74, 6) is -0.447. The normalized spacial score (nSPS) is 10.8. The molecule has 1 aromatic rings. The highest BCUT2D eigenvalue weighted by molar-refractivity contribution is 5.96. The van der Waals surface area contributed by atoms with Crippen molar-refractivity contribution in [3.63, 3.8) is 0 Å². The van der Waals surface area contributed by atoms with E-state index in [-0.39, 0.29) is 17.2 Å². The molecule has 0 saturated carbocycles. The molecular weight excluding hydrogens is 251 g/mol. The molecule has 1 nitrogen and oxygen atoms in total. The monoisotopic (exact) mass is 278 g/mol. The average molecular weight is 278 g/mol. The molecule has 112 valence electrons. The minimum atomic E-state index is -0.389. The van der Waals surface area contributed by atoms with Crippen LogP contribution >= 0.6 is 0 Å². The summed E-state index contributed by atoms with van der Waals surface area (Å²) in [6.45, 7) is 4.10. The molecule has 20 heavy (non-hydrogen) atoms. The van der Waals surface area contributed by atoms with Gasteiger partial charge in [-0.2, -0.15) is 0 Å². The first-order chi connectivity index (χ1) is 9.65. The summed E-state index contributed by atoms with van der Waals surface area (Å²) >= 11 is 0. The first-order valence-electron chi connectivity index (χ1n) is 7.94. The molecule has 0 spiro atoms. The van der Waals surface area contributed by atoms with Crippen LogP contribution in [0, 0.1) is 12.7 Å². The van der Waals surface area contributed by atoms with E-state index >= 15 is 0 Å². The van der Waals surface area contributed by atoms with Crippen molar-refractivity contribution in [3.05, 3.63) is 35.1 Å². The summed E-state index contributed by atoms with van der Waals surface area (Å²) in [7, 11) is 0. The second-order valence-corrected chi connectivity index (χ2v) is 5.63. The summed E-state index contributed by atoms with van der Waals surface area (Å²) in [6, 6.07) is 4.74. The van der Waals surface area contributed by atoms with Gasteiger partial charge in [-0.25, -0.2) is 4.39 Å². The summed E-state index contributed by atoms with van der Waals surface area (Å²) in [5, 5.41) is 0. The fourth-order valence-electron chi connectivity index (χ4n) is 2.41. The molecule has 0 aliphatic carbocycles. The van der Waals surface area contributed by atoms with Crippen LogP contribution in [-0.2, 0) is 0 Å². The van der Waals surface area contributed by atoms with E-state index in [1.807, 2.05) is 6.92 Å². The third-order valence-electron chi connectivity index (χ3n) is 3.68. The van der Waals surface area contributed by atoms with Crippen LogP contribution in [0.2, 0.25) is 0 Å². The van der Waals surface area contributed by atoms with E-state index in [2.05, 4.69) is 6.92 Å². The summed E-state index contributed by atoms with van der Waals surface area (Å²) in [6.07, 6.45) is 10.1. The maximum Gasteiger partial charge on any atom is 0.165 e. The van der Waals surface area contributed by atoms with E-state index in [9.17, 15) is 9.18 Å². The van der Waals surface area contributed by atoms with Gasteiger partial charge in [-0.05, 0) is 25.5 Å². The molecule has 0 atom stereocenters. The molecule has 0 aliphatic rings. The molecule has 0 aromatic heterocycles. The highest BCUT2D eigenvalue weighted by atomic mass is 19.1. The van der Waals surface area contributed by atoms with E-state index < -0.39 is 0 Å². The highest BCUT2D eigenvalue weighted by Crippen LogP contribution is 2.15. The van der Waals surface area contributed by atoms with Crippen molar-refractivity contribution in [1.29, 1.82) is 0 Å². The largest absolute Gasteiger partial charge is 0.294 e. The number of benzene rings is 1. The molecule has 0 bridgehead atoms. The molecule has 0 radical (unpaired) electrons.